The van der Waals surface area contributed by atoms with Crippen LogP contribution in [0.3, 0.4) is 0 Å². The lowest BCUT2D eigenvalue weighted by Gasteiger charge is -2.20. The summed E-state index contributed by atoms with van der Waals surface area (Å²) in [5.74, 6) is 0.354. The Morgan fingerprint density at radius 3 is 2.53 bits per heavy atom. The molecule has 1 fully saturated rings. The van der Waals surface area contributed by atoms with E-state index in [9.17, 15) is 12.8 Å². The van der Waals surface area contributed by atoms with E-state index in [1.54, 1.807) is 0 Å². The third kappa shape index (κ3) is 4.01. The SMILES string of the molecule is C[C@@H]1C[C@H](c2ccc(F)cc2)CN1CCS(C)(=O)=O. The van der Waals surface area contributed by atoms with Crippen molar-refractivity contribution >= 4 is 9.84 Å². The van der Waals surface area contributed by atoms with Crippen LogP contribution in [-0.4, -0.2) is 44.5 Å². The average Bonchev–Trinajstić information content (AvgIpc) is 2.68. The second-order valence-electron chi connectivity index (χ2n) is 5.46. The second-order valence-corrected chi connectivity index (χ2v) is 7.72. The summed E-state index contributed by atoms with van der Waals surface area (Å²) >= 11 is 0. The van der Waals surface area contributed by atoms with Gasteiger partial charge in [-0.25, -0.2) is 12.8 Å². The molecule has 2 atom stereocenters. The molecule has 106 valence electrons. The monoisotopic (exact) mass is 285 g/mol. The normalized spacial score (nSPS) is 24.8. The Balaban J connectivity index is 1.99. The maximum absolute atomic E-state index is 12.9. The molecule has 1 heterocycles. The number of likely N-dealkylation sites (tertiary alicyclic amines) is 1. The minimum Gasteiger partial charge on any atom is -0.299 e. The standard InChI is InChI=1S/C14H20FNO2S/c1-11-9-13(12-3-5-14(15)6-4-12)10-16(11)7-8-19(2,17)18/h3-6,11,13H,7-10H2,1-2H3/t11-,13+/m1/s1. The van der Waals surface area contributed by atoms with E-state index < -0.39 is 9.84 Å². The van der Waals surface area contributed by atoms with Crippen molar-refractivity contribution in [1.82, 2.24) is 4.90 Å². The number of nitrogens with zero attached hydrogens (tertiary/aromatic N) is 1. The van der Waals surface area contributed by atoms with Crippen molar-refractivity contribution in [2.24, 2.45) is 0 Å². The molecular weight excluding hydrogens is 265 g/mol. The molecule has 0 N–H and O–H groups in total. The lowest BCUT2D eigenvalue weighted by Crippen LogP contribution is -2.32. The van der Waals surface area contributed by atoms with Crippen molar-refractivity contribution in [3.63, 3.8) is 0 Å². The third-order valence-corrected chi connectivity index (χ3v) is 4.72. The molecule has 0 aromatic heterocycles. The first kappa shape index (κ1) is 14.5. The minimum atomic E-state index is -2.91. The number of rotatable bonds is 4. The summed E-state index contributed by atoms with van der Waals surface area (Å²) in [6, 6.07) is 6.99. The Morgan fingerprint density at radius 1 is 1.32 bits per heavy atom. The molecule has 3 nitrogen and oxygen atoms in total. The molecule has 19 heavy (non-hydrogen) atoms. The van der Waals surface area contributed by atoms with Crippen molar-refractivity contribution in [2.75, 3.05) is 25.1 Å². The van der Waals surface area contributed by atoms with Gasteiger partial charge in [0.25, 0.3) is 0 Å². The lowest BCUT2D eigenvalue weighted by molar-refractivity contribution is 0.283. The van der Waals surface area contributed by atoms with Crippen LogP contribution in [0.1, 0.15) is 24.8 Å². The van der Waals surface area contributed by atoms with Crippen molar-refractivity contribution in [3.8, 4) is 0 Å². The predicted octanol–water partition coefficient (Wildman–Crippen LogP) is 2.05. The van der Waals surface area contributed by atoms with Crippen LogP contribution in [0.2, 0.25) is 0 Å². The third-order valence-electron chi connectivity index (χ3n) is 3.79. The number of halogens is 1. The van der Waals surface area contributed by atoms with E-state index >= 15 is 0 Å². The zero-order chi connectivity index (χ0) is 14.0. The largest absolute Gasteiger partial charge is 0.299 e. The Morgan fingerprint density at radius 2 is 1.95 bits per heavy atom. The van der Waals surface area contributed by atoms with E-state index in [2.05, 4.69) is 11.8 Å². The van der Waals surface area contributed by atoms with Gasteiger partial charge in [0.05, 0.1) is 5.75 Å². The van der Waals surface area contributed by atoms with E-state index in [1.165, 1.54) is 18.4 Å². The molecule has 0 radical (unpaired) electrons. The molecule has 0 amide bonds. The highest BCUT2D eigenvalue weighted by Crippen LogP contribution is 2.31. The van der Waals surface area contributed by atoms with Crippen LogP contribution in [0, 0.1) is 5.82 Å². The van der Waals surface area contributed by atoms with Crippen LogP contribution in [-0.2, 0) is 9.84 Å². The fourth-order valence-corrected chi connectivity index (χ4v) is 3.24. The van der Waals surface area contributed by atoms with Gasteiger partial charge in [0.2, 0.25) is 0 Å². The van der Waals surface area contributed by atoms with E-state index in [4.69, 9.17) is 0 Å². The Hall–Kier alpha value is -0.940. The average molecular weight is 285 g/mol. The Labute approximate surface area is 114 Å². The lowest BCUT2D eigenvalue weighted by atomic mass is 9.97. The van der Waals surface area contributed by atoms with Crippen LogP contribution < -0.4 is 0 Å². The van der Waals surface area contributed by atoms with E-state index in [1.807, 2.05) is 12.1 Å². The first-order valence-corrected chi connectivity index (χ1v) is 8.58. The zero-order valence-electron chi connectivity index (χ0n) is 11.3. The number of benzene rings is 1. The van der Waals surface area contributed by atoms with Gasteiger partial charge in [-0.15, -0.1) is 0 Å². The van der Waals surface area contributed by atoms with Crippen LogP contribution in [0.4, 0.5) is 4.39 Å². The molecule has 5 heteroatoms. The van der Waals surface area contributed by atoms with Gasteiger partial charge in [0.15, 0.2) is 0 Å². The maximum Gasteiger partial charge on any atom is 0.148 e. The van der Waals surface area contributed by atoms with Crippen LogP contribution >= 0.6 is 0 Å². The van der Waals surface area contributed by atoms with Gasteiger partial charge in [0.1, 0.15) is 15.7 Å². The van der Waals surface area contributed by atoms with Crippen molar-refractivity contribution in [2.45, 2.75) is 25.3 Å². The van der Waals surface area contributed by atoms with Crippen LogP contribution in [0.15, 0.2) is 24.3 Å². The van der Waals surface area contributed by atoms with Crippen LogP contribution in [0.25, 0.3) is 0 Å². The quantitative estimate of drug-likeness (QED) is 0.849. The second kappa shape index (κ2) is 5.59. The molecule has 1 saturated heterocycles. The van der Waals surface area contributed by atoms with Gasteiger partial charge in [0, 0.05) is 25.4 Å². The van der Waals surface area contributed by atoms with Gasteiger partial charge in [-0.2, -0.15) is 0 Å². The van der Waals surface area contributed by atoms with Crippen LogP contribution in [0.5, 0.6) is 0 Å². The fourth-order valence-electron chi connectivity index (χ4n) is 2.67. The molecule has 2 rings (SSSR count). The molecule has 1 aliphatic heterocycles. The summed E-state index contributed by atoms with van der Waals surface area (Å²) < 4.78 is 35.3. The minimum absolute atomic E-state index is 0.202. The Bertz CT molecular complexity index is 527. The topological polar surface area (TPSA) is 37.4 Å². The van der Waals surface area contributed by atoms with Gasteiger partial charge < -0.3 is 0 Å². The molecule has 1 aromatic rings. The summed E-state index contributed by atoms with van der Waals surface area (Å²) in [5, 5.41) is 0. The number of hydrogen-bond acceptors (Lipinski definition) is 3. The van der Waals surface area contributed by atoms with Gasteiger partial charge in [-0.3, -0.25) is 4.90 Å². The Kier molecular flexibility index (Phi) is 4.26. The summed E-state index contributed by atoms with van der Waals surface area (Å²) in [6.45, 7) is 3.55. The highest BCUT2D eigenvalue weighted by atomic mass is 32.2. The van der Waals surface area contributed by atoms with Crippen molar-refractivity contribution < 1.29 is 12.8 Å². The highest BCUT2D eigenvalue weighted by molar-refractivity contribution is 7.90. The van der Waals surface area contributed by atoms with Crippen molar-refractivity contribution in [1.29, 1.82) is 0 Å². The summed E-state index contributed by atoms with van der Waals surface area (Å²) in [4.78, 5) is 2.20. The van der Waals surface area contributed by atoms with E-state index in [0.717, 1.165) is 18.5 Å². The zero-order valence-corrected chi connectivity index (χ0v) is 12.2. The first-order valence-electron chi connectivity index (χ1n) is 6.52. The molecular formula is C14H20FNO2S. The molecule has 0 saturated carbocycles. The molecule has 1 aliphatic rings. The van der Waals surface area contributed by atoms with Crippen molar-refractivity contribution in [3.05, 3.63) is 35.6 Å². The van der Waals surface area contributed by atoms with Gasteiger partial charge in [-0.05, 0) is 37.0 Å². The molecule has 0 bridgehead atoms. The van der Waals surface area contributed by atoms with Gasteiger partial charge >= 0.3 is 0 Å². The molecule has 0 aliphatic carbocycles. The summed E-state index contributed by atoms with van der Waals surface area (Å²) in [7, 11) is -2.91. The van der Waals surface area contributed by atoms with E-state index in [0.29, 0.717) is 18.5 Å². The first-order chi connectivity index (χ1) is 8.85. The van der Waals surface area contributed by atoms with E-state index in [-0.39, 0.29) is 11.6 Å². The number of sulfone groups is 1. The maximum atomic E-state index is 12.9. The highest BCUT2D eigenvalue weighted by Gasteiger charge is 2.30. The summed E-state index contributed by atoms with van der Waals surface area (Å²) in [6.07, 6.45) is 2.26. The predicted molar refractivity (Wildman–Crippen MR) is 74.5 cm³/mol. The molecule has 1 aromatic carbocycles. The van der Waals surface area contributed by atoms with Gasteiger partial charge in [-0.1, -0.05) is 12.1 Å². The molecule has 0 spiro atoms. The fraction of sp³-hybridized carbons (Fsp3) is 0.571. The smallest absolute Gasteiger partial charge is 0.148 e. The molecule has 0 unspecified atom stereocenters. The number of hydrogen-bond donors (Lipinski definition) is 0. The summed E-state index contributed by atoms with van der Waals surface area (Å²) in [5.41, 5.74) is 1.13.